The molecule has 3 N–H and O–H groups in total. The Kier molecular flexibility index (Phi) is 6.85. The molecule has 4 fully saturated rings. The lowest BCUT2D eigenvalue weighted by Crippen LogP contribution is -2.54. The second kappa shape index (κ2) is 10.1. The SMILES string of the molecule is C[C@]12CCC(=O)C[C@@H]1CC[C@@H]1[C@@H]2CC[C@]2(C)[C@@H](OCC(=O)NCCc3cc(=O)oc4cc(N)ccc34)CC[C@@H]12. The van der Waals surface area contributed by atoms with E-state index in [1.165, 1.54) is 31.7 Å². The molecule has 0 spiro atoms. The summed E-state index contributed by atoms with van der Waals surface area (Å²) in [6.07, 6.45) is 10.3. The summed E-state index contributed by atoms with van der Waals surface area (Å²) in [5, 5.41) is 3.80. The third kappa shape index (κ3) is 4.71. The molecule has 4 aliphatic carbocycles. The van der Waals surface area contributed by atoms with Crippen molar-refractivity contribution in [3.05, 3.63) is 40.2 Å². The van der Waals surface area contributed by atoms with Gasteiger partial charge in [-0.05, 0) is 104 Å². The summed E-state index contributed by atoms with van der Waals surface area (Å²) in [6.45, 7) is 5.37. The van der Waals surface area contributed by atoms with Crippen molar-refractivity contribution in [3.63, 3.8) is 0 Å². The number of ketones is 1. The lowest BCUT2D eigenvalue weighted by molar-refractivity contribution is -0.148. The minimum Gasteiger partial charge on any atom is -0.423 e. The molecule has 2 aromatic rings. The summed E-state index contributed by atoms with van der Waals surface area (Å²) in [7, 11) is 0. The van der Waals surface area contributed by atoms with Crippen LogP contribution in [0.25, 0.3) is 11.0 Å². The number of rotatable bonds is 6. The Morgan fingerprint density at radius 3 is 2.72 bits per heavy atom. The molecule has 0 radical (unpaired) electrons. The largest absolute Gasteiger partial charge is 0.423 e. The average molecular weight is 535 g/mol. The van der Waals surface area contributed by atoms with E-state index < -0.39 is 5.63 Å². The number of amides is 1. The molecular formula is C32H42N2O5. The average Bonchev–Trinajstić information content (AvgIpc) is 3.23. The van der Waals surface area contributed by atoms with Gasteiger partial charge in [-0.25, -0.2) is 4.79 Å². The van der Waals surface area contributed by atoms with Crippen LogP contribution in [0.3, 0.4) is 0 Å². The van der Waals surface area contributed by atoms with Crippen molar-refractivity contribution in [3.8, 4) is 0 Å². The first-order valence-corrected chi connectivity index (χ1v) is 14.9. The Labute approximate surface area is 230 Å². The molecule has 210 valence electrons. The number of benzene rings is 1. The number of ether oxygens (including phenoxy) is 1. The van der Waals surface area contributed by atoms with Gasteiger partial charge >= 0.3 is 5.63 Å². The molecular weight excluding hydrogens is 492 g/mol. The highest BCUT2D eigenvalue weighted by molar-refractivity contribution is 5.83. The predicted octanol–water partition coefficient (Wildman–Crippen LogP) is 5.03. The molecule has 1 aromatic heterocycles. The van der Waals surface area contributed by atoms with E-state index in [9.17, 15) is 14.4 Å². The number of nitrogens with two attached hydrogens (primary N) is 1. The van der Waals surface area contributed by atoms with Gasteiger partial charge in [-0.3, -0.25) is 9.59 Å². The number of nitrogen functional groups attached to an aromatic ring is 1. The molecule has 0 saturated heterocycles. The quantitative estimate of drug-likeness (QED) is 0.397. The van der Waals surface area contributed by atoms with Crippen molar-refractivity contribution in [2.75, 3.05) is 18.9 Å². The first-order chi connectivity index (χ1) is 18.7. The Bertz CT molecular complexity index is 1340. The van der Waals surface area contributed by atoms with Crippen LogP contribution in [0.4, 0.5) is 5.69 Å². The zero-order valence-corrected chi connectivity index (χ0v) is 23.3. The number of anilines is 1. The van der Waals surface area contributed by atoms with E-state index in [2.05, 4.69) is 19.2 Å². The molecule has 4 saturated carbocycles. The van der Waals surface area contributed by atoms with Crippen molar-refractivity contribution < 1.29 is 18.7 Å². The highest BCUT2D eigenvalue weighted by Crippen LogP contribution is 2.66. The van der Waals surface area contributed by atoms with E-state index in [1.807, 2.05) is 6.07 Å². The van der Waals surface area contributed by atoms with Gasteiger partial charge in [0.2, 0.25) is 5.91 Å². The second-order valence-electron chi connectivity index (χ2n) is 13.3. The van der Waals surface area contributed by atoms with Gasteiger partial charge in [0.1, 0.15) is 18.0 Å². The molecule has 0 unspecified atom stereocenters. The van der Waals surface area contributed by atoms with Crippen LogP contribution in [0.2, 0.25) is 0 Å². The number of Topliss-reactive ketones (excluding diaryl/α,β-unsaturated/α-hetero) is 1. The highest BCUT2D eigenvalue weighted by Gasteiger charge is 2.60. The van der Waals surface area contributed by atoms with Crippen LogP contribution in [0.15, 0.2) is 33.5 Å². The van der Waals surface area contributed by atoms with Crippen molar-refractivity contribution >= 4 is 28.3 Å². The van der Waals surface area contributed by atoms with E-state index in [0.717, 1.165) is 49.0 Å². The molecule has 7 nitrogen and oxygen atoms in total. The Hall–Kier alpha value is -2.67. The number of hydrogen-bond acceptors (Lipinski definition) is 6. The first-order valence-electron chi connectivity index (χ1n) is 14.9. The maximum atomic E-state index is 12.7. The number of carbonyl (C=O) groups is 2. The Morgan fingerprint density at radius 2 is 1.87 bits per heavy atom. The molecule has 6 rings (SSSR count). The third-order valence-corrected chi connectivity index (χ3v) is 11.4. The zero-order valence-electron chi connectivity index (χ0n) is 23.3. The number of carbonyl (C=O) groups excluding carboxylic acids is 2. The predicted molar refractivity (Wildman–Crippen MR) is 150 cm³/mol. The van der Waals surface area contributed by atoms with Crippen LogP contribution in [0.1, 0.15) is 77.2 Å². The fourth-order valence-electron chi connectivity index (χ4n) is 9.29. The van der Waals surface area contributed by atoms with Crippen molar-refractivity contribution in [2.45, 2.75) is 84.2 Å². The van der Waals surface area contributed by atoms with Gasteiger partial charge in [0.15, 0.2) is 0 Å². The third-order valence-electron chi connectivity index (χ3n) is 11.4. The highest BCUT2D eigenvalue weighted by atomic mass is 16.5. The molecule has 7 heteroatoms. The molecule has 0 aliphatic heterocycles. The van der Waals surface area contributed by atoms with Gasteiger partial charge in [-0.15, -0.1) is 0 Å². The minimum absolute atomic E-state index is 0.0666. The van der Waals surface area contributed by atoms with E-state index in [0.29, 0.717) is 53.2 Å². The summed E-state index contributed by atoms with van der Waals surface area (Å²) in [5.74, 6) is 3.01. The van der Waals surface area contributed by atoms with Crippen molar-refractivity contribution in [1.29, 1.82) is 0 Å². The summed E-state index contributed by atoms with van der Waals surface area (Å²) < 4.78 is 11.6. The van der Waals surface area contributed by atoms with Crippen molar-refractivity contribution in [1.82, 2.24) is 5.32 Å². The Balaban J connectivity index is 1.04. The molecule has 1 aromatic carbocycles. The van der Waals surface area contributed by atoms with Crippen LogP contribution in [0.5, 0.6) is 0 Å². The van der Waals surface area contributed by atoms with E-state index >= 15 is 0 Å². The van der Waals surface area contributed by atoms with Crippen LogP contribution < -0.4 is 16.7 Å². The standard InChI is InChI=1S/C32H42N2O5/c1-31-12-9-22(35)16-20(31)3-5-24-25-7-8-28(32(25,2)13-10-26(24)31)38-18-29(36)34-14-11-19-15-30(37)39-27-17-21(33)4-6-23(19)27/h4,6,15,17,20,24-26,28H,3,5,7-14,16,18,33H2,1-2H3,(H,34,36)/t20-,24-,25-,26-,28-,31-,32-/m0/s1. The van der Waals surface area contributed by atoms with E-state index in [-0.39, 0.29) is 24.0 Å². The smallest absolute Gasteiger partial charge is 0.336 e. The normalized spacial score (nSPS) is 35.7. The van der Waals surface area contributed by atoms with E-state index in [4.69, 9.17) is 14.9 Å². The maximum Gasteiger partial charge on any atom is 0.336 e. The molecule has 7 atom stereocenters. The molecule has 0 bridgehead atoms. The number of hydrogen-bond donors (Lipinski definition) is 2. The zero-order chi connectivity index (χ0) is 27.4. The molecule has 4 aliphatic rings. The van der Waals surface area contributed by atoms with Gasteiger partial charge in [-0.2, -0.15) is 0 Å². The molecule has 39 heavy (non-hydrogen) atoms. The lowest BCUT2D eigenvalue weighted by Gasteiger charge is -2.60. The van der Waals surface area contributed by atoms with Gasteiger partial charge < -0.3 is 20.2 Å². The topological polar surface area (TPSA) is 112 Å². The minimum atomic E-state index is -0.420. The monoisotopic (exact) mass is 534 g/mol. The maximum absolute atomic E-state index is 12.7. The summed E-state index contributed by atoms with van der Waals surface area (Å²) in [4.78, 5) is 36.9. The second-order valence-corrected chi connectivity index (χ2v) is 13.3. The van der Waals surface area contributed by atoms with Crippen molar-refractivity contribution in [2.24, 2.45) is 34.5 Å². The summed E-state index contributed by atoms with van der Waals surface area (Å²) in [6, 6.07) is 6.76. The van der Waals surface area contributed by atoms with Crippen LogP contribution >= 0.6 is 0 Å². The summed E-state index contributed by atoms with van der Waals surface area (Å²) >= 11 is 0. The van der Waals surface area contributed by atoms with Crippen LogP contribution in [-0.4, -0.2) is 30.9 Å². The van der Waals surface area contributed by atoms with Crippen LogP contribution in [0, 0.1) is 34.5 Å². The first kappa shape index (κ1) is 26.5. The van der Waals surface area contributed by atoms with E-state index in [1.54, 1.807) is 12.1 Å². The van der Waals surface area contributed by atoms with Gasteiger partial charge in [0, 0.05) is 42.6 Å². The Morgan fingerprint density at radius 1 is 1.05 bits per heavy atom. The number of fused-ring (bicyclic) bond motifs is 6. The molecule has 1 heterocycles. The van der Waals surface area contributed by atoms with Gasteiger partial charge in [0.25, 0.3) is 0 Å². The fourth-order valence-corrected chi connectivity index (χ4v) is 9.29. The summed E-state index contributed by atoms with van der Waals surface area (Å²) in [5.41, 5.74) is 7.67. The molecule has 1 amide bonds. The number of nitrogens with one attached hydrogen (secondary N) is 1. The van der Waals surface area contributed by atoms with Gasteiger partial charge in [0.05, 0.1) is 6.10 Å². The van der Waals surface area contributed by atoms with Gasteiger partial charge in [-0.1, -0.05) is 13.8 Å². The fraction of sp³-hybridized carbons (Fsp3) is 0.656. The lowest BCUT2D eigenvalue weighted by atomic mass is 9.45. The van der Waals surface area contributed by atoms with Crippen LogP contribution in [-0.2, 0) is 20.7 Å².